The van der Waals surface area contributed by atoms with Crippen LogP contribution in [0.25, 0.3) is 0 Å². The minimum absolute atomic E-state index is 0.0721. The first-order chi connectivity index (χ1) is 8.96. The molecule has 0 saturated carbocycles. The standard InChI is InChI=1S/C13H19BrN2O2S/c1-10-5-6-11(14)8-13(10)19(17,18)16-7-3-2-4-12(16)9-15/h5-6,8,12H,2-4,7,9,15H2,1H3. The molecule has 4 nitrogen and oxygen atoms in total. The Balaban J connectivity index is 2.43. The summed E-state index contributed by atoms with van der Waals surface area (Å²) >= 11 is 3.34. The van der Waals surface area contributed by atoms with Crippen LogP contribution in [0, 0.1) is 6.92 Å². The van der Waals surface area contributed by atoms with Crippen molar-refractivity contribution in [1.82, 2.24) is 4.31 Å². The average molecular weight is 347 g/mol. The largest absolute Gasteiger partial charge is 0.329 e. The van der Waals surface area contributed by atoms with Gasteiger partial charge in [-0.2, -0.15) is 4.31 Å². The van der Waals surface area contributed by atoms with Gasteiger partial charge in [0, 0.05) is 23.6 Å². The topological polar surface area (TPSA) is 63.4 Å². The maximum atomic E-state index is 12.8. The Morgan fingerprint density at radius 1 is 1.42 bits per heavy atom. The molecule has 2 rings (SSSR count). The first-order valence-corrected chi connectivity index (χ1v) is 8.68. The molecule has 0 spiro atoms. The summed E-state index contributed by atoms with van der Waals surface area (Å²) < 4.78 is 27.9. The number of benzene rings is 1. The number of hydrogen-bond acceptors (Lipinski definition) is 3. The number of halogens is 1. The molecule has 2 N–H and O–H groups in total. The van der Waals surface area contributed by atoms with Crippen molar-refractivity contribution in [2.45, 2.75) is 37.1 Å². The molecule has 1 aromatic rings. The number of aryl methyl sites for hydroxylation is 1. The van der Waals surface area contributed by atoms with Crippen molar-refractivity contribution in [2.75, 3.05) is 13.1 Å². The number of piperidine rings is 1. The Hall–Kier alpha value is -0.430. The van der Waals surface area contributed by atoms with Crippen LogP contribution in [0.1, 0.15) is 24.8 Å². The maximum absolute atomic E-state index is 12.8. The van der Waals surface area contributed by atoms with E-state index in [-0.39, 0.29) is 6.04 Å². The van der Waals surface area contributed by atoms with Gasteiger partial charge in [-0.3, -0.25) is 0 Å². The molecule has 1 atom stereocenters. The third-order valence-electron chi connectivity index (χ3n) is 3.58. The number of rotatable bonds is 3. The molecular weight excluding hydrogens is 328 g/mol. The van der Waals surface area contributed by atoms with Gasteiger partial charge in [0.1, 0.15) is 0 Å². The summed E-state index contributed by atoms with van der Waals surface area (Å²) in [7, 11) is -3.45. The summed E-state index contributed by atoms with van der Waals surface area (Å²) in [6.07, 6.45) is 2.80. The smallest absolute Gasteiger partial charge is 0.243 e. The van der Waals surface area contributed by atoms with Gasteiger partial charge in [0.25, 0.3) is 0 Å². The lowest BCUT2D eigenvalue weighted by molar-refractivity contribution is 0.257. The van der Waals surface area contributed by atoms with Crippen LogP contribution in [-0.4, -0.2) is 31.9 Å². The lowest BCUT2D eigenvalue weighted by Gasteiger charge is -2.34. The normalized spacial score (nSPS) is 21.5. The number of hydrogen-bond donors (Lipinski definition) is 1. The summed E-state index contributed by atoms with van der Waals surface area (Å²) in [6.45, 7) is 2.77. The third-order valence-corrected chi connectivity index (χ3v) is 6.17. The second-order valence-electron chi connectivity index (χ2n) is 4.91. The second-order valence-corrected chi connectivity index (χ2v) is 7.69. The fraction of sp³-hybridized carbons (Fsp3) is 0.538. The quantitative estimate of drug-likeness (QED) is 0.912. The second kappa shape index (κ2) is 5.91. The molecular formula is C13H19BrN2O2S. The summed E-state index contributed by atoms with van der Waals surface area (Å²) in [5.74, 6) is 0. The predicted molar refractivity (Wildman–Crippen MR) is 79.5 cm³/mol. The summed E-state index contributed by atoms with van der Waals surface area (Å²) in [5.41, 5.74) is 6.49. The first kappa shape index (κ1) is 15.0. The molecule has 0 aliphatic carbocycles. The molecule has 106 valence electrons. The van der Waals surface area contributed by atoms with Crippen molar-refractivity contribution < 1.29 is 8.42 Å². The van der Waals surface area contributed by atoms with Crippen LogP contribution in [0.3, 0.4) is 0 Å². The highest BCUT2D eigenvalue weighted by Gasteiger charge is 2.33. The number of nitrogens with two attached hydrogens (primary N) is 1. The van der Waals surface area contributed by atoms with Crippen molar-refractivity contribution in [2.24, 2.45) is 5.73 Å². The molecule has 1 aromatic carbocycles. The van der Waals surface area contributed by atoms with Gasteiger partial charge in [0.15, 0.2) is 0 Å². The molecule has 19 heavy (non-hydrogen) atoms. The van der Waals surface area contributed by atoms with Crippen LogP contribution in [0.2, 0.25) is 0 Å². The minimum atomic E-state index is -3.45. The zero-order chi connectivity index (χ0) is 14.0. The molecule has 1 unspecified atom stereocenters. The van der Waals surface area contributed by atoms with E-state index < -0.39 is 10.0 Å². The van der Waals surface area contributed by atoms with E-state index in [9.17, 15) is 8.42 Å². The number of sulfonamides is 1. The third kappa shape index (κ3) is 3.02. The van der Waals surface area contributed by atoms with Crippen LogP contribution < -0.4 is 5.73 Å². The van der Waals surface area contributed by atoms with Gasteiger partial charge in [0.05, 0.1) is 4.90 Å². The predicted octanol–water partition coefficient (Wildman–Crippen LogP) is 2.26. The zero-order valence-corrected chi connectivity index (χ0v) is 13.4. The first-order valence-electron chi connectivity index (χ1n) is 6.45. The van der Waals surface area contributed by atoms with Gasteiger partial charge >= 0.3 is 0 Å². The van der Waals surface area contributed by atoms with E-state index in [4.69, 9.17) is 5.73 Å². The van der Waals surface area contributed by atoms with E-state index in [1.165, 1.54) is 0 Å². The Labute approximate surface area is 123 Å². The molecule has 1 fully saturated rings. The van der Waals surface area contributed by atoms with E-state index >= 15 is 0 Å². The van der Waals surface area contributed by atoms with Crippen LogP contribution >= 0.6 is 15.9 Å². The van der Waals surface area contributed by atoms with E-state index in [0.717, 1.165) is 29.3 Å². The molecule has 0 bridgehead atoms. The van der Waals surface area contributed by atoms with Crippen LogP contribution in [0.4, 0.5) is 0 Å². The molecule has 6 heteroatoms. The molecule has 1 saturated heterocycles. The van der Waals surface area contributed by atoms with Gasteiger partial charge in [-0.15, -0.1) is 0 Å². The van der Waals surface area contributed by atoms with Crippen LogP contribution in [-0.2, 0) is 10.0 Å². The lowest BCUT2D eigenvalue weighted by atomic mass is 10.1. The fourth-order valence-electron chi connectivity index (χ4n) is 2.50. The van der Waals surface area contributed by atoms with E-state index in [1.54, 1.807) is 10.4 Å². The lowest BCUT2D eigenvalue weighted by Crippen LogP contribution is -2.47. The Morgan fingerprint density at radius 3 is 2.84 bits per heavy atom. The van der Waals surface area contributed by atoms with Gasteiger partial charge in [0.2, 0.25) is 10.0 Å². The average Bonchev–Trinajstić information content (AvgIpc) is 2.41. The van der Waals surface area contributed by atoms with Crippen molar-refractivity contribution in [3.05, 3.63) is 28.2 Å². The molecule has 1 aliphatic rings. The van der Waals surface area contributed by atoms with Crippen LogP contribution in [0.5, 0.6) is 0 Å². The SMILES string of the molecule is Cc1ccc(Br)cc1S(=O)(=O)N1CCCCC1CN. The maximum Gasteiger partial charge on any atom is 0.243 e. The highest BCUT2D eigenvalue weighted by atomic mass is 79.9. The van der Waals surface area contributed by atoms with Crippen molar-refractivity contribution >= 4 is 26.0 Å². The van der Waals surface area contributed by atoms with Crippen molar-refractivity contribution in [3.8, 4) is 0 Å². The summed E-state index contributed by atoms with van der Waals surface area (Å²) in [6, 6.07) is 5.27. The molecule has 0 aromatic heterocycles. The molecule has 0 amide bonds. The van der Waals surface area contributed by atoms with Gasteiger partial charge in [-0.25, -0.2) is 8.42 Å². The van der Waals surface area contributed by atoms with E-state index in [0.29, 0.717) is 18.0 Å². The Kier molecular flexibility index (Phi) is 4.66. The number of nitrogens with zero attached hydrogens (tertiary/aromatic N) is 1. The molecule has 0 radical (unpaired) electrons. The zero-order valence-electron chi connectivity index (χ0n) is 11.0. The molecule has 1 aliphatic heterocycles. The highest BCUT2D eigenvalue weighted by molar-refractivity contribution is 9.10. The van der Waals surface area contributed by atoms with E-state index in [2.05, 4.69) is 15.9 Å². The highest BCUT2D eigenvalue weighted by Crippen LogP contribution is 2.28. The summed E-state index contributed by atoms with van der Waals surface area (Å²) in [4.78, 5) is 0.377. The van der Waals surface area contributed by atoms with Crippen molar-refractivity contribution in [1.29, 1.82) is 0 Å². The van der Waals surface area contributed by atoms with Crippen LogP contribution in [0.15, 0.2) is 27.6 Å². The van der Waals surface area contributed by atoms with Gasteiger partial charge in [-0.05, 0) is 37.5 Å². The fourth-order valence-corrected chi connectivity index (χ4v) is 4.97. The monoisotopic (exact) mass is 346 g/mol. The Bertz CT molecular complexity index is 560. The molecule has 1 heterocycles. The van der Waals surface area contributed by atoms with Gasteiger partial charge in [-0.1, -0.05) is 28.4 Å². The summed E-state index contributed by atoms with van der Waals surface area (Å²) in [5, 5.41) is 0. The minimum Gasteiger partial charge on any atom is -0.329 e. The van der Waals surface area contributed by atoms with E-state index in [1.807, 2.05) is 19.1 Å². The van der Waals surface area contributed by atoms with Gasteiger partial charge < -0.3 is 5.73 Å². The Morgan fingerprint density at radius 2 is 2.16 bits per heavy atom. The van der Waals surface area contributed by atoms with Crippen molar-refractivity contribution in [3.63, 3.8) is 0 Å².